The van der Waals surface area contributed by atoms with Crippen LogP contribution in [0.5, 0.6) is 11.5 Å². The number of hydrogen-bond acceptors (Lipinski definition) is 6. The molecule has 0 saturated heterocycles. The van der Waals surface area contributed by atoms with Crippen LogP contribution < -0.4 is 14.8 Å². The standard InChI is InChI=1S/C21H22ClNO6/c1-21(2,3)29-20(25)23-15-6-4-14(5-7-15)19(24)28-12-13-10-16(22)18-17(11-13)26-8-9-27-18/h4-7,10-11H,8-9,12H2,1-3H3,(H,23,25). The molecule has 1 heterocycles. The Hall–Kier alpha value is -2.93. The van der Waals surface area contributed by atoms with Gasteiger partial charge in [0, 0.05) is 5.69 Å². The maximum absolute atomic E-state index is 12.3. The minimum absolute atomic E-state index is 0.0348. The first-order valence-electron chi connectivity index (χ1n) is 9.06. The van der Waals surface area contributed by atoms with Crippen LogP contribution in [-0.4, -0.2) is 30.9 Å². The van der Waals surface area contributed by atoms with E-state index in [1.807, 2.05) is 0 Å². The molecule has 1 aliphatic rings. The Morgan fingerprint density at radius 2 is 1.79 bits per heavy atom. The van der Waals surface area contributed by atoms with Gasteiger partial charge in [0.15, 0.2) is 11.5 Å². The van der Waals surface area contributed by atoms with Crippen LogP contribution >= 0.6 is 11.6 Å². The summed E-state index contributed by atoms with van der Waals surface area (Å²) in [5.41, 5.74) is 0.957. The van der Waals surface area contributed by atoms with Crippen molar-refractivity contribution >= 4 is 29.4 Å². The van der Waals surface area contributed by atoms with E-state index < -0.39 is 17.7 Å². The molecular formula is C21H22ClNO6. The lowest BCUT2D eigenvalue weighted by Gasteiger charge is -2.20. The van der Waals surface area contributed by atoms with Gasteiger partial charge in [-0.15, -0.1) is 0 Å². The Morgan fingerprint density at radius 3 is 2.48 bits per heavy atom. The highest BCUT2D eigenvalue weighted by Crippen LogP contribution is 2.38. The monoisotopic (exact) mass is 419 g/mol. The van der Waals surface area contributed by atoms with Gasteiger partial charge in [-0.2, -0.15) is 0 Å². The molecule has 2 aromatic rings. The Labute approximate surface area is 173 Å². The van der Waals surface area contributed by atoms with Gasteiger partial charge in [-0.1, -0.05) is 11.6 Å². The molecule has 1 N–H and O–H groups in total. The Kier molecular flexibility index (Phi) is 6.17. The van der Waals surface area contributed by atoms with Crippen molar-refractivity contribution in [2.75, 3.05) is 18.5 Å². The van der Waals surface area contributed by atoms with E-state index in [0.29, 0.717) is 46.5 Å². The summed E-state index contributed by atoms with van der Waals surface area (Å²) >= 11 is 6.19. The minimum atomic E-state index is -0.593. The molecule has 0 aliphatic carbocycles. The maximum Gasteiger partial charge on any atom is 0.412 e. The molecule has 1 aliphatic heterocycles. The van der Waals surface area contributed by atoms with Crippen LogP contribution in [0.3, 0.4) is 0 Å². The second kappa shape index (κ2) is 8.61. The summed E-state index contributed by atoms with van der Waals surface area (Å²) in [6.07, 6.45) is -0.566. The smallest absolute Gasteiger partial charge is 0.412 e. The van der Waals surface area contributed by atoms with Crippen molar-refractivity contribution in [3.8, 4) is 11.5 Å². The summed E-state index contributed by atoms with van der Waals surface area (Å²) in [6, 6.07) is 9.73. The fourth-order valence-corrected chi connectivity index (χ4v) is 2.88. The van der Waals surface area contributed by atoms with Gasteiger partial charge in [0.25, 0.3) is 0 Å². The quantitative estimate of drug-likeness (QED) is 0.715. The van der Waals surface area contributed by atoms with E-state index >= 15 is 0 Å². The highest BCUT2D eigenvalue weighted by atomic mass is 35.5. The molecule has 29 heavy (non-hydrogen) atoms. The van der Waals surface area contributed by atoms with Crippen LogP contribution in [0.25, 0.3) is 0 Å². The van der Waals surface area contributed by atoms with Crippen molar-refractivity contribution in [3.05, 3.63) is 52.5 Å². The lowest BCUT2D eigenvalue weighted by atomic mass is 10.2. The second-order valence-corrected chi connectivity index (χ2v) is 7.79. The zero-order chi connectivity index (χ0) is 21.0. The largest absolute Gasteiger partial charge is 0.486 e. The molecule has 154 valence electrons. The fourth-order valence-electron chi connectivity index (χ4n) is 2.59. The number of carbonyl (C=O) groups excluding carboxylic acids is 2. The van der Waals surface area contributed by atoms with Gasteiger partial charge in [-0.3, -0.25) is 5.32 Å². The van der Waals surface area contributed by atoms with Crippen molar-refractivity contribution in [2.45, 2.75) is 33.0 Å². The average molecular weight is 420 g/mol. The van der Waals surface area contributed by atoms with Crippen molar-refractivity contribution in [1.29, 1.82) is 0 Å². The minimum Gasteiger partial charge on any atom is -0.486 e. The predicted molar refractivity (Wildman–Crippen MR) is 108 cm³/mol. The highest BCUT2D eigenvalue weighted by Gasteiger charge is 2.18. The summed E-state index contributed by atoms with van der Waals surface area (Å²) in [5.74, 6) is 0.535. The van der Waals surface area contributed by atoms with Gasteiger partial charge in [0.1, 0.15) is 25.4 Å². The van der Waals surface area contributed by atoms with E-state index in [2.05, 4.69) is 5.32 Å². The van der Waals surface area contributed by atoms with Gasteiger partial charge in [0.2, 0.25) is 0 Å². The van der Waals surface area contributed by atoms with Crippen LogP contribution in [0, 0.1) is 0 Å². The average Bonchev–Trinajstić information content (AvgIpc) is 2.65. The number of amides is 1. The molecule has 0 spiro atoms. The van der Waals surface area contributed by atoms with E-state index in [4.69, 9.17) is 30.5 Å². The molecule has 7 nitrogen and oxygen atoms in total. The zero-order valence-electron chi connectivity index (χ0n) is 16.4. The molecular weight excluding hydrogens is 398 g/mol. The summed E-state index contributed by atoms with van der Waals surface area (Å²) in [5, 5.41) is 3.01. The molecule has 8 heteroatoms. The number of benzene rings is 2. The fraction of sp³-hybridized carbons (Fsp3) is 0.333. The van der Waals surface area contributed by atoms with E-state index in [-0.39, 0.29) is 6.61 Å². The summed E-state index contributed by atoms with van der Waals surface area (Å²) < 4.78 is 21.5. The van der Waals surface area contributed by atoms with Gasteiger partial charge in [-0.05, 0) is 62.7 Å². The topological polar surface area (TPSA) is 83.1 Å². The third-order valence-corrected chi connectivity index (χ3v) is 4.07. The van der Waals surface area contributed by atoms with Crippen LogP contribution in [0.1, 0.15) is 36.7 Å². The van der Waals surface area contributed by atoms with Crippen molar-refractivity contribution < 1.29 is 28.5 Å². The third kappa shape index (κ3) is 5.77. The number of fused-ring (bicyclic) bond motifs is 1. The molecule has 0 aromatic heterocycles. The number of halogens is 1. The van der Waals surface area contributed by atoms with Gasteiger partial charge in [0.05, 0.1) is 10.6 Å². The lowest BCUT2D eigenvalue weighted by molar-refractivity contribution is 0.0471. The van der Waals surface area contributed by atoms with E-state index in [1.54, 1.807) is 57.2 Å². The lowest BCUT2D eigenvalue weighted by Crippen LogP contribution is -2.27. The molecule has 2 aromatic carbocycles. The van der Waals surface area contributed by atoms with Crippen molar-refractivity contribution in [3.63, 3.8) is 0 Å². The van der Waals surface area contributed by atoms with Crippen LogP contribution in [0.2, 0.25) is 5.02 Å². The SMILES string of the molecule is CC(C)(C)OC(=O)Nc1ccc(C(=O)OCc2cc(Cl)c3c(c2)OCCO3)cc1. The molecule has 0 atom stereocenters. The second-order valence-electron chi connectivity index (χ2n) is 7.38. The van der Waals surface area contributed by atoms with Crippen LogP contribution in [-0.2, 0) is 16.1 Å². The first kappa shape index (κ1) is 20.8. The van der Waals surface area contributed by atoms with Crippen LogP contribution in [0.15, 0.2) is 36.4 Å². The predicted octanol–water partition coefficient (Wildman–Crippen LogP) is 4.82. The van der Waals surface area contributed by atoms with Gasteiger partial charge < -0.3 is 18.9 Å². The van der Waals surface area contributed by atoms with E-state index in [1.165, 1.54) is 0 Å². The number of nitrogens with one attached hydrogen (secondary N) is 1. The molecule has 0 radical (unpaired) electrons. The number of ether oxygens (including phenoxy) is 4. The Balaban J connectivity index is 1.57. The first-order chi connectivity index (χ1) is 13.7. The molecule has 3 rings (SSSR count). The van der Waals surface area contributed by atoms with Crippen molar-refractivity contribution in [2.24, 2.45) is 0 Å². The summed E-state index contributed by atoms with van der Waals surface area (Å²) in [4.78, 5) is 24.1. The number of hydrogen-bond donors (Lipinski definition) is 1. The summed E-state index contributed by atoms with van der Waals surface area (Å²) in [7, 11) is 0. The molecule has 0 bridgehead atoms. The maximum atomic E-state index is 12.3. The van der Waals surface area contributed by atoms with E-state index in [0.717, 1.165) is 0 Å². The summed E-state index contributed by atoms with van der Waals surface area (Å²) in [6.45, 7) is 6.25. The Bertz CT molecular complexity index is 905. The first-order valence-corrected chi connectivity index (χ1v) is 9.44. The molecule has 0 saturated carbocycles. The number of anilines is 1. The third-order valence-electron chi connectivity index (χ3n) is 3.79. The van der Waals surface area contributed by atoms with Gasteiger partial charge >= 0.3 is 12.1 Å². The normalized spacial score (nSPS) is 12.8. The van der Waals surface area contributed by atoms with Crippen LogP contribution in [0.4, 0.5) is 10.5 Å². The highest BCUT2D eigenvalue weighted by molar-refractivity contribution is 6.32. The number of esters is 1. The number of carbonyl (C=O) groups is 2. The van der Waals surface area contributed by atoms with Gasteiger partial charge in [-0.25, -0.2) is 9.59 Å². The van der Waals surface area contributed by atoms with Crippen molar-refractivity contribution in [1.82, 2.24) is 0 Å². The number of rotatable bonds is 4. The van der Waals surface area contributed by atoms with E-state index in [9.17, 15) is 9.59 Å². The molecule has 0 unspecified atom stereocenters. The zero-order valence-corrected chi connectivity index (χ0v) is 17.2. The Morgan fingerprint density at radius 1 is 1.10 bits per heavy atom. The molecule has 0 fully saturated rings. The molecule has 1 amide bonds.